The zero-order chi connectivity index (χ0) is 26.6. The van der Waals surface area contributed by atoms with E-state index in [-0.39, 0.29) is 11.1 Å². The minimum Gasteiger partial charge on any atom is -0.466 e. The largest absolute Gasteiger partial charge is 0.466 e. The summed E-state index contributed by atoms with van der Waals surface area (Å²) >= 11 is 0. The van der Waals surface area contributed by atoms with E-state index in [4.69, 9.17) is 18.9 Å². The van der Waals surface area contributed by atoms with Crippen LogP contribution in [0.1, 0.15) is 27.7 Å². The molecule has 0 atom stereocenters. The van der Waals surface area contributed by atoms with Gasteiger partial charge in [0.05, 0.1) is 50.7 Å². The van der Waals surface area contributed by atoms with Gasteiger partial charge in [-0.05, 0) is 27.7 Å². The van der Waals surface area contributed by atoms with Crippen LogP contribution in [0.25, 0.3) is 0 Å². The quantitative estimate of drug-likeness (QED) is 0.185. The van der Waals surface area contributed by atoms with E-state index in [0.717, 1.165) is 28.4 Å². The van der Waals surface area contributed by atoms with Crippen LogP contribution in [-0.2, 0) is 57.2 Å². The Labute approximate surface area is 196 Å². The molecule has 0 aromatic carbocycles. The average Bonchev–Trinajstić information content (AvgIpc) is 2.80. The Morgan fingerprint density at radius 1 is 0.441 bits per heavy atom. The molecule has 0 rings (SSSR count). The second-order valence-corrected chi connectivity index (χ2v) is 6.79. The van der Waals surface area contributed by atoms with Crippen LogP contribution in [0.4, 0.5) is 0 Å². The molecule has 0 radical (unpaired) electrons. The molecular weight excluding hydrogens is 456 g/mol. The molecule has 0 aromatic heterocycles. The maximum Gasteiger partial charge on any atom is 0.344 e. The highest BCUT2D eigenvalue weighted by molar-refractivity contribution is 6.18. The normalized spacial score (nSPS) is 10.6. The van der Waals surface area contributed by atoms with Crippen molar-refractivity contribution in [2.24, 2.45) is 0 Å². The number of hydrogen-bond acceptors (Lipinski definition) is 12. The van der Waals surface area contributed by atoms with Gasteiger partial charge >= 0.3 is 35.8 Å². The number of carbonyl (C=O) groups excluding carboxylic acids is 6. The van der Waals surface area contributed by atoms with Crippen LogP contribution in [0, 0.1) is 0 Å². The van der Waals surface area contributed by atoms with Crippen LogP contribution in [0.15, 0.2) is 33.4 Å². The first kappa shape index (κ1) is 30.0. The summed E-state index contributed by atoms with van der Waals surface area (Å²) in [4.78, 5) is 74.2. The summed E-state index contributed by atoms with van der Waals surface area (Å²) in [6, 6.07) is 0. The van der Waals surface area contributed by atoms with Gasteiger partial charge in [-0.15, -0.1) is 0 Å². The molecule has 0 bridgehead atoms. The Morgan fingerprint density at radius 3 is 1.06 bits per heavy atom. The SMILES string of the molecule is COC(=O)COC(=O)C(=C(C)C)/C(C(=O)OC)=C(/C(=O)OCC(=O)OC)C(C(=O)OC)=C(C)C. The first-order chi connectivity index (χ1) is 15.9. The molecule has 0 N–H and O–H groups in total. The maximum atomic E-state index is 13.1. The molecular formula is C22H28O12. The van der Waals surface area contributed by atoms with Crippen LogP contribution < -0.4 is 0 Å². The van der Waals surface area contributed by atoms with Crippen molar-refractivity contribution in [3.8, 4) is 0 Å². The predicted molar refractivity (Wildman–Crippen MR) is 114 cm³/mol. The second kappa shape index (κ2) is 14.2. The number of rotatable bonds is 10. The van der Waals surface area contributed by atoms with Gasteiger partial charge in [-0.25, -0.2) is 28.8 Å². The predicted octanol–water partition coefficient (Wildman–Crippen LogP) is 0.734. The third-order valence-electron chi connectivity index (χ3n) is 4.03. The van der Waals surface area contributed by atoms with E-state index >= 15 is 0 Å². The Kier molecular flexibility index (Phi) is 12.6. The van der Waals surface area contributed by atoms with Crippen LogP contribution >= 0.6 is 0 Å². The third-order valence-corrected chi connectivity index (χ3v) is 4.03. The molecule has 0 spiro atoms. The van der Waals surface area contributed by atoms with Crippen LogP contribution in [0.5, 0.6) is 0 Å². The topological polar surface area (TPSA) is 158 Å². The second-order valence-electron chi connectivity index (χ2n) is 6.79. The molecule has 12 nitrogen and oxygen atoms in total. The maximum absolute atomic E-state index is 13.1. The van der Waals surface area contributed by atoms with Gasteiger partial charge in [0.15, 0.2) is 13.2 Å². The van der Waals surface area contributed by atoms with Crippen molar-refractivity contribution in [1.82, 2.24) is 0 Å². The van der Waals surface area contributed by atoms with Crippen LogP contribution in [0.2, 0.25) is 0 Å². The van der Waals surface area contributed by atoms with Crippen LogP contribution in [-0.4, -0.2) is 77.5 Å². The van der Waals surface area contributed by atoms with E-state index in [0.29, 0.717) is 0 Å². The standard InChI is InChI=1S/C22H28O12/c1-11(2)15(19(25)31-7)18(22(28)34-10-14(24)30-6)17(20(26)32-8)16(12(3)4)21(27)33-9-13(23)29-5/h9-10H2,1-8H3/b18-17-. The summed E-state index contributed by atoms with van der Waals surface area (Å²) in [5.74, 6) is -6.58. The fraction of sp³-hybridized carbons (Fsp3) is 0.455. The summed E-state index contributed by atoms with van der Waals surface area (Å²) < 4.78 is 28.1. The van der Waals surface area contributed by atoms with Gasteiger partial charge in [0, 0.05) is 0 Å². The molecule has 188 valence electrons. The van der Waals surface area contributed by atoms with Crippen molar-refractivity contribution >= 4 is 35.8 Å². The van der Waals surface area contributed by atoms with Crippen LogP contribution in [0.3, 0.4) is 0 Å². The van der Waals surface area contributed by atoms with Crippen molar-refractivity contribution < 1.29 is 57.2 Å². The Balaban J connectivity index is 7.29. The van der Waals surface area contributed by atoms with Crippen molar-refractivity contribution in [2.45, 2.75) is 27.7 Å². The highest BCUT2D eigenvalue weighted by atomic mass is 16.6. The minimum atomic E-state index is -1.33. The fourth-order valence-corrected chi connectivity index (χ4v) is 2.49. The number of ether oxygens (including phenoxy) is 6. The molecule has 0 amide bonds. The van der Waals surface area contributed by atoms with Gasteiger partial charge in [0.2, 0.25) is 0 Å². The Bertz CT molecular complexity index is 941. The van der Waals surface area contributed by atoms with Gasteiger partial charge in [-0.1, -0.05) is 11.1 Å². The summed E-state index contributed by atoms with van der Waals surface area (Å²) in [5, 5.41) is 0. The van der Waals surface area contributed by atoms with Gasteiger partial charge in [0.1, 0.15) is 0 Å². The lowest BCUT2D eigenvalue weighted by atomic mass is 9.90. The zero-order valence-corrected chi connectivity index (χ0v) is 20.3. The molecule has 12 heteroatoms. The molecule has 0 fully saturated rings. The van der Waals surface area contributed by atoms with E-state index in [1.165, 1.54) is 27.7 Å². The van der Waals surface area contributed by atoms with E-state index < -0.39 is 71.3 Å². The zero-order valence-electron chi connectivity index (χ0n) is 20.3. The Morgan fingerprint density at radius 2 is 0.735 bits per heavy atom. The molecule has 0 aliphatic carbocycles. The highest BCUT2D eigenvalue weighted by Crippen LogP contribution is 2.29. The summed E-state index contributed by atoms with van der Waals surface area (Å²) in [7, 11) is 4.14. The summed E-state index contributed by atoms with van der Waals surface area (Å²) in [6.45, 7) is 4.04. The van der Waals surface area contributed by atoms with E-state index in [2.05, 4.69) is 9.47 Å². The van der Waals surface area contributed by atoms with E-state index in [1.807, 2.05) is 0 Å². The number of carbonyl (C=O) groups is 6. The summed E-state index contributed by atoms with van der Waals surface area (Å²) in [5.41, 5.74) is -1.95. The van der Waals surface area contributed by atoms with E-state index in [9.17, 15) is 28.8 Å². The molecule has 34 heavy (non-hydrogen) atoms. The van der Waals surface area contributed by atoms with Gasteiger partial charge in [-0.2, -0.15) is 0 Å². The summed E-state index contributed by atoms with van der Waals surface area (Å²) in [6.07, 6.45) is 0. The van der Waals surface area contributed by atoms with Crippen molar-refractivity contribution in [3.63, 3.8) is 0 Å². The third kappa shape index (κ3) is 8.19. The molecule has 0 aliphatic rings. The first-order valence-corrected chi connectivity index (χ1v) is 9.62. The fourth-order valence-electron chi connectivity index (χ4n) is 2.49. The Hall–Kier alpha value is -3.96. The van der Waals surface area contributed by atoms with Crippen molar-refractivity contribution in [3.05, 3.63) is 33.4 Å². The number of hydrogen-bond donors (Lipinski definition) is 0. The van der Waals surface area contributed by atoms with E-state index in [1.54, 1.807) is 0 Å². The lowest BCUT2D eigenvalue weighted by Gasteiger charge is -2.18. The van der Waals surface area contributed by atoms with Crippen molar-refractivity contribution in [2.75, 3.05) is 41.7 Å². The van der Waals surface area contributed by atoms with Gasteiger partial charge in [0.25, 0.3) is 0 Å². The molecule has 0 saturated carbocycles. The van der Waals surface area contributed by atoms with Crippen molar-refractivity contribution in [1.29, 1.82) is 0 Å². The molecule has 0 saturated heterocycles. The lowest BCUT2D eigenvalue weighted by Crippen LogP contribution is -2.27. The number of methoxy groups -OCH3 is 4. The van der Waals surface area contributed by atoms with Gasteiger partial charge in [-0.3, -0.25) is 0 Å². The smallest absolute Gasteiger partial charge is 0.344 e. The highest BCUT2D eigenvalue weighted by Gasteiger charge is 2.36. The minimum absolute atomic E-state index is 0.159. The monoisotopic (exact) mass is 484 g/mol. The average molecular weight is 484 g/mol. The number of allylic oxidation sites excluding steroid dienone is 2. The van der Waals surface area contributed by atoms with Gasteiger partial charge < -0.3 is 28.4 Å². The molecule has 0 unspecified atom stereocenters. The molecule has 0 aliphatic heterocycles. The first-order valence-electron chi connectivity index (χ1n) is 9.62. The lowest BCUT2D eigenvalue weighted by molar-refractivity contribution is -0.155. The number of esters is 6. The molecule has 0 aromatic rings. The molecule has 0 heterocycles.